The second kappa shape index (κ2) is 15.5. The van der Waals surface area contributed by atoms with Crippen LogP contribution in [-0.2, 0) is 25.5 Å². The standard InChI is InChI=1S/C27H35N3O5S/c1-19(2)22-15-14-20(3)17-23(22)35-18-25(32)29-30-27(36)28-24(31)12-7-13-26(33)34-16-8-11-21-9-5-4-6-10-21/h4-6,9-10,14-15,17,19H,7-8,11-13,16,18H2,1-3H3,(H,29,32)(H2,28,30,31,36). The van der Waals surface area contributed by atoms with Gasteiger partial charge in [-0.2, -0.15) is 0 Å². The summed E-state index contributed by atoms with van der Waals surface area (Å²) in [5.41, 5.74) is 8.11. The summed E-state index contributed by atoms with van der Waals surface area (Å²) in [6.45, 7) is 6.20. The Morgan fingerprint density at radius 3 is 2.42 bits per heavy atom. The van der Waals surface area contributed by atoms with Gasteiger partial charge in [-0.3, -0.25) is 25.2 Å². The van der Waals surface area contributed by atoms with Gasteiger partial charge in [0, 0.05) is 12.8 Å². The Morgan fingerprint density at radius 1 is 0.944 bits per heavy atom. The van der Waals surface area contributed by atoms with Crippen molar-refractivity contribution in [2.45, 2.75) is 58.8 Å². The van der Waals surface area contributed by atoms with E-state index in [-0.39, 0.29) is 42.4 Å². The first-order valence-electron chi connectivity index (χ1n) is 12.1. The molecule has 2 aromatic carbocycles. The molecule has 2 amide bonds. The number of thiocarbonyl (C=S) groups is 1. The van der Waals surface area contributed by atoms with Crippen LogP contribution in [0.3, 0.4) is 0 Å². The molecule has 0 aliphatic rings. The largest absolute Gasteiger partial charge is 0.483 e. The molecule has 0 fully saturated rings. The van der Waals surface area contributed by atoms with Crippen molar-refractivity contribution >= 4 is 35.1 Å². The van der Waals surface area contributed by atoms with Gasteiger partial charge in [0.2, 0.25) is 5.91 Å². The molecule has 0 radical (unpaired) electrons. The zero-order valence-corrected chi connectivity index (χ0v) is 21.9. The van der Waals surface area contributed by atoms with Crippen LogP contribution in [0.25, 0.3) is 0 Å². The van der Waals surface area contributed by atoms with E-state index in [0.717, 1.165) is 24.0 Å². The Bertz CT molecular complexity index is 1030. The maximum atomic E-state index is 12.1. The van der Waals surface area contributed by atoms with E-state index in [4.69, 9.17) is 21.7 Å². The number of nitrogens with one attached hydrogen (secondary N) is 3. The fourth-order valence-electron chi connectivity index (χ4n) is 3.34. The fraction of sp³-hybridized carbons (Fsp3) is 0.407. The molecule has 0 saturated heterocycles. The van der Waals surface area contributed by atoms with Crippen molar-refractivity contribution in [1.29, 1.82) is 0 Å². The van der Waals surface area contributed by atoms with Gasteiger partial charge in [0.25, 0.3) is 5.91 Å². The summed E-state index contributed by atoms with van der Waals surface area (Å²) in [7, 11) is 0. The third-order valence-corrected chi connectivity index (χ3v) is 5.42. The molecule has 0 aromatic heterocycles. The topological polar surface area (TPSA) is 106 Å². The third-order valence-electron chi connectivity index (χ3n) is 5.22. The molecule has 8 nitrogen and oxygen atoms in total. The quantitative estimate of drug-likeness (QED) is 0.171. The summed E-state index contributed by atoms with van der Waals surface area (Å²) < 4.78 is 10.9. The average Bonchev–Trinajstić information content (AvgIpc) is 2.84. The van der Waals surface area contributed by atoms with Crippen LogP contribution in [0, 0.1) is 6.92 Å². The monoisotopic (exact) mass is 513 g/mol. The zero-order chi connectivity index (χ0) is 26.3. The lowest BCUT2D eigenvalue weighted by Gasteiger charge is -2.15. The van der Waals surface area contributed by atoms with Gasteiger partial charge in [-0.05, 0) is 67.1 Å². The summed E-state index contributed by atoms with van der Waals surface area (Å²) >= 11 is 5.02. The van der Waals surface area contributed by atoms with Gasteiger partial charge >= 0.3 is 5.97 Å². The average molecular weight is 514 g/mol. The molecule has 3 N–H and O–H groups in total. The van der Waals surface area contributed by atoms with Crippen molar-refractivity contribution in [2.24, 2.45) is 0 Å². The summed E-state index contributed by atoms with van der Waals surface area (Å²) in [6, 6.07) is 15.9. The molecule has 0 atom stereocenters. The number of esters is 1. The molecular formula is C27H35N3O5S. The maximum Gasteiger partial charge on any atom is 0.305 e. The molecule has 0 unspecified atom stereocenters. The molecule has 9 heteroatoms. The van der Waals surface area contributed by atoms with E-state index < -0.39 is 5.91 Å². The van der Waals surface area contributed by atoms with Crippen LogP contribution in [0.5, 0.6) is 5.75 Å². The van der Waals surface area contributed by atoms with E-state index in [1.54, 1.807) is 0 Å². The van der Waals surface area contributed by atoms with Crippen molar-refractivity contribution in [2.75, 3.05) is 13.2 Å². The molecule has 0 spiro atoms. The van der Waals surface area contributed by atoms with E-state index in [1.165, 1.54) is 5.56 Å². The van der Waals surface area contributed by atoms with Gasteiger partial charge in [-0.1, -0.05) is 56.3 Å². The Kier molecular flexibility index (Phi) is 12.4. The van der Waals surface area contributed by atoms with Crippen LogP contribution in [-0.4, -0.2) is 36.1 Å². The first-order chi connectivity index (χ1) is 17.2. The van der Waals surface area contributed by atoms with E-state index in [0.29, 0.717) is 18.8 Å². The van der Waals surface area contributed by atoms with Crippen molar-refractivity contribution in [1.82, 2.24) is 16.2 Å². The molecule has 0 aliphatic heterocycles. The van der Waals surface area contributed by atoms with Gasteiger partial charge in [0.1, 0.15) is 5.75 Å². The molecule has 0 bridgehead atoms. The number of carbonyl (C=O) groups excluding carboxylic acids is 3. The van der Waals surface area contributed by atoms with E-state index in [2.05, 4.69) is 30.0 Å². The summed E-state index contributed by atoms with van der Waals surface area (Å²) in [5.74, 6) is -0.232. The fourth-order valence-corrected chi connectivity index (χ4v) is 3.51. The third kappa shape index (κ3) is 11.3. The smallest absolute Gasteiger partial charge is 0.305 e. The van der Waals surface area contributed by atoms with Gasteiger partial charge in [-0.25, -0.2) is 0 Å². The van der Waals surface area contributed by atoms with Crippen LogP contribution >= 0.6 is 12.2 Å². The number of aryl methyl sites for hydroxylation is 2. The van der Waals surface area contributed by atoms with E-state index >= 15 is 0 Å². The second-order valence-electron chi connectivity index (χ2n) is 8.70. The molecule has 0 heterocycles. The van der Waals surface area contributed by atoms with Crippen LogP contribution in [0.1, 0.15) is 62.1 Å². The Labute approximate surface area is 218 Å². The van der Waals surface area contributed by atoms with Gasteiger partial charge in [0.15, 0.2) is 11.7 Å². The lowest BCUT2D eigenvalue weighted by Crippen LogP contribution is -2.49. The molecule has 194 valence electrons. The number of hydrogen-bond acceptors (Lipinski definition) is 6. The van der Waals surface area contributed by atoms with E-state index in [9.17, 15) is 14.4 Å². The minimum Gasteiger partial charge on any atom is -0.483 e. The van der Waals surface area contributed by atoms with Crippen LogP contribution in [0.4, 0.5) is 0 Å². The number of hydrogen-bond donors (Lipinski definition) is 3. The molecule has 2 aromatic rings. The highest BCUT2D eigenvalue weighted by Crippen LogP contribution is 2.27. The van der Waals surface area contributed by atoms with Gasteiger partial charge in [-0.15, -0.1) is 0 Å². The summed E-state index contributed by atoms with van der Waals surface area (Å²) in [4.78, 5) is 35.9. The Morgan fingerprint density at radius 2 is 1.69 bits per heavy atom. The number of hydrazine groups is 1. The SMILES string of the molecule is Cc1ccc(C(C)C)c(OCC(=O)NNC(=S)NC(=O)CCCC(=O)OCCCc2ccccc2)c1. The number of benzene rings is 2. The van der Waals surface area contributed by atoms with Gasteiger partial charge < -0.3 is 14.8 Å². The predicted octanol–water partition coefficient (Wildman–Crippen LogP) is 3.87. The normalized spacial score (nSPS) is 10.4. The number of carbonyl (C=O) groups is 3. The molecule has 0 aliphatic carbocycles. The van der Waals surface area contributed by atoms with Crippen LogP contribution < -0.4 is 20.9 Å². The number of amides is 2. The van der Waals surface area contributed by atoms with E-state index in [1.807, 2.05) is 55.5 Å². The van der Waals surface area contributed by atoms with Crippen LogP contribution in [0.2, 0.25) is 0 Å². The number of ether oxygens (including phenoxy) is 2. The van der Waals surface area contributed by atoms with Crippen molar-refractivity contribution in [3.8, 4) is 5.75 Å². The lowest BCUT2D eigenvalue weighted by molar-refractivity contribution is -0.143. The molecule has 0 saturated carbocycles. The number of rotatable bonds is 12. The summed E-state index contributed by atoms with van der Waals surface area (Å²) in [5, 5.41) is 2.41. The highest BCUT2D eigenvalue weighted by molar-refractivity contribution is 7.80. The minimum absolute atomic E-state index is 0.0461. The maximum absolute atomic E-state index is 12.1. The minimum atomic E-state index is -0.446. The Hall–Kier alpha value is -3.46. The molecule has 36 heavy (non-hydrogen) atoms. The highest BCUT2D eigenvalue weighted by atomic mass is 32.1. The first-order valence-corrected chi connectivity index (χ1v) is 12.5. The highest BCUT2D eigenvalue weighted by Gasteiger charge is 2.12. The van der Waals surface area contributed by atoms with Crippen molar-refractivity contribution in [3.05, 3.63) is 65.2 Å². The molecular weight excluding hydrogens is 478 g/mol. The van der Waals surface area contributed by atoms with Crippen molar-refractivity contribution in [3.63, 3.8) is 0 Å². The van der Waals surface area contributed by atoms with Crippen molar-refractivity contribution < 1.29 is 23.9 Å². The Balaban J connectivity index is 1.56. The van der Waals surface area contributed by atoms with Crippen LogP contribution in [0.15, 0.2) is 48.5 Å². The summed E-state index contributed by atoms with van der Waals surface area (Å²) in [6.07, 6.45) is 2.17. The van der Waals surface area contributed by atoms with Gasteiger partial charge in [0.05, 0.1) is 6.61 Å². The first kappa shape index (κ1) is 28.8. The zero-order valence-electron chi connectivity index (χ0n) is 21.1. The lowest BCUT2D eigenvalue weighted by atomic mass is 10.0. The second-order valence-corrected chi connectivity index (χ2v) is 9.11. The molecule has 2 rings (SSSR count). The predicted molar refractivity (Wildman–Crippen MR) is 142 cm³/mol.